The van der Waals surface area contributed by atoms with E-state index < -0.39 is 56.6 Å². The van der Waals surface area contributed by atoms with E-state index in [-0.39, 0.29) is 42.7 Å². The molecule has 1 aromatic carbocycles. The summed E-state index contributed by atoms with van der Waals surface area (Å²) in [4.78, 5) is 65.9. The highest BCUT2D eigenvalue weighted by Gasteiger charge is 2.46. The molecule has 0 aromatic heterocycles. The van der Waals surface area contributed by atoms with Crippen molar-refractivity contribution < 1.29 is 37.1 Å². The Labute approximate surface area is 201 Å². The molecule has 0 spiro atoms. The van der Waals surface area contributed by atoms with Gasteiger partial charge < -0.3 is 15.1 Å². The van der Waals surface area contributed by atoms with Crippen molar-refractivity contribution >= 4 is 45.4 Å². The molecule has 14 heteroatoms. The van der Waals surface area contributed by atoms with Crippen molar-refractivity contribution in [3.05, 3.63) is 29.3 Å². The second kappa shape index (κ2) is 8.61. The maximum Gasteiger partial charge on any atom is 0.410 e. The lowest BCUT2D eigenvalue weighted by molar-refractivity contribution is -0.136. The quantitative estimate of drug-likeness (QED) is 0.365. The molecule has 188 valence electrons. The van der Waals surface area contributed by atoms with E-state index in [1.54, 1.807) is 20.8 Å². The van der Waals surface area contributed by atoms with Gasteiger partial charge in [0, 0.05) is 19.5 Å². The van der Waals surface area contributed by atoms with Crippen LogP contribution in [0.15, 0.2) is 18.2 Å². The van der Waals surface area contributed by atoms with E-state index in [9.17, 15) is 32.4 Å². The molecule has 1 unspecified atom stereocenters. The van der Waals surface area contributed by atoms with Crippen molar-refractivity contribution in [2.45, 2.75) is 50.5 Å². The minimum Gasteiger partial charge on any atom is -0.444 e. The molecular weight excluding hydrogens is 482 g/mol. The number of nitrogens with zero attached hydrogens (tertiary/aromatic N) is 2. The van der Waals surface area contributed by atoms with E-state index in [0.717, 1.165) is 4.90 Å². The number of fused-ring (bicyclic) bond motifs is 1. The highest BCUT2D eigenvalue weighted by atomic mass is 32.2. The third kappa shape index (κ3) is 4.71. The summed E-state index contributed by atoms with van der Waals surface area (Å²) >= 11 is 0. The second-order valence-corrected chi connectivity index (χ2v) is 11.4. The van der Waals surface area contributed by atoms with E-state index in [0.29, 0.717) is 0 Å². The number of rotatable bonds is 5. The van der Waals surface area contributed by atoms with E-state index in [2.05, 4.69) is 15.6 Å². The van der Waals surface area contributed by atoms with Crippen molar-refractivity contribution in [3.8, 4) is 0 Å². The summed E-state index contributed by atoms with van der Waals surface area (Å²) in [5, 5.41) is 1.21. The number of amides is 5. The lowest BCUT2D eigenvalue weighted by atomic mass is 10.0. The fourth-order valence-corrected chi connectivity index (χ4v) is 5.11. The molecule has 35 heavy (non-hydrogen) atoms. The minimum absolute atomic E-state index is 0.00134. The largest absolute Gasteiger partial charge is 0.444 e. The maximum atomic E-state index is 13.1. The maximum absolute atomic E-state index is 13.1. The normalized spacial score (nSPS) is 20.9. The number of sulfonamides is 1. The van der Waals surface area contributed by atoms with E-state index >= 15 is 0 Å². The van der Waals surface area contributed by atoms with Crippen molar-refractivity contribution in [3.63, 3.8) is 0 Å². The van der Waals surface area contributed by atoms with Gasteiger partial charge in [-0.15, -0.1) is 4.83 Å². The predicted octanol–water partition coefficient (Wildman–Crippen LogP) is -0.0466. The molecule has 0 aliphatic carbocycles. The predicted molar refractivity (Wildman–Crippen MR) is 120 cm³/mol. The van der Waals surface area contributed by atoms with Crippen LogP contribution in [0.1, 0.15) is 54.3 Å². The molecule has 3 heterocycles. The van der Waals surface area contributed by atoms with Crippen LogP contribution in [0, 0.1) is 0 Å². The molecule has 4 rings (SSSR count). The highest BCUT2D eigenvalue weighted by Crippen LogP contribution is 2.32. The summed E-state index contributed by atoms with van der Waals surface area (Å²) < 4.78 is 30.6. The third-order valence-corrected chi connectivity index (χ3v) is 7.30. The summed E-state index contributed by atoms with van der Waals surface area (Å²) in [6.07, 6.45) is -0.631. The molecule has 0 bridgehead atoms. The summed E-state index contributed by atoms with van der Waals surface area (Å²) in [5.41, 5.74) is 1.72. The average Bonchev–Trinajstić information content (AvgIpc) is 2.95. The Bertz CT molecular complexity index is 1230. The topological polar surface area (TPSA) is 171 Å². The van der Waals surface area contributed by atoms with Gasteiger partial charge >= 0.3 is 6.09 Å². The monoisotopic (exact) mass is 507 g/mol. The molecule has 0 radical (unpaired) electrons. The van der Waals surface area contributed by atoms with E-state index in [1.807, 2.05) is 0 Å². The zero-order valence-corrected chi connectivity index (χ0v) is 20.1. The Hall–Kier alpha value is -3.52. The lowest BCUT2D eigenvalue weighted by Crippen LogP contribution is -2.60. The number of carbonyl (C=O) groups excluding carboxylic acids is 5. The molecule has 3 aliphatic heterocycles. The summed E-state index contributed by atoms with van der Waals surface area (Å²) in [5.74, 6) is -2.72. The number of imide groups is 2. The fourth-order valence-electron chi connectivity index (χ4n) is 3.94. The second-order valence-electron chi connectivity index (χ2n) is 9.45. The van der Waals surface area contributed by atoms with Crippen LogP contribution in [0.5, 0.6) is 0 Å². The van der Waals surface area contributed by atoms with Gasteiger partial charge in [-0.1, -0.05) is 6.07 Å². The van der Waals surface area contributed by atoms with Crippen molar-refractivity contribution in [1.82, 2.24) is 19.9 Å². The van der Waals surface area contributed by atoms with Crippen molar-refractivity contribution in [2.75, 3.05) is 18.5 Å². The number of anilines is 1. The van der Waals surface area contributed by atoms with Crippen LogP contribution in [-0.4, -0.2) is 77.9 Å². The van der Waals surface area contributed by atoms with E-state index in [4.69, 9.17) is 4.74 Å². The van der Waals surface area contributed by atoms with E-state index in [1.165, 1.54) is 23.1 Å². The number of carbonyl (C=O) groups is 5. The number of benzene rings is 1. The first kappa shape index (κ1) is 24.6. The van der Waals surface area contributed by atoms with Crippen molar-refractivity contribution in [2.24, 2.45) is 0 Å². The van der Waals surface area contributed by atoms with Crippen LogP contribution in [0.4, 0.5) is 10.5 Å². The number of nitrogens with one attached hydrogen (secondary N) is 3. The van der Waals surface area contributed by atoms with Gasteiger partial charge in [0.05, 0.1) is 16.8 Å². The van der Waals surface area contributed by atoms with Crippen LogP contribution in [0.3, 0.4) is 0 Å². The smallest absolute Gasteiger partial charge is 0.410 e. The van der Waals surface area contributed by atoms with Gasteiger partial charge in [0.25, 0.3) is 11.8 Å². The van der Waals surface area contributed by atoms with Gasteiger partial charge in [0.2, 0.25) is 21.8 Å². The Morgan fingerprint density at radius 1 is 1.11 bits per heavy atom. The highest BCUT2D eigenvalue weighted by molar-refractivity contribution is 7.90. The van der Waals surface area contributed by atoms with Crippen LogP contribution in [-0.2, 0) is 24.3 Å². The molecule has 0 saturated carbocycles. The van der Waals surface area contributed by atoms with Gasteiger partial charge in [-0.2, -0.15) is 0 Å². The number of ether oxygens (including phenoxy) is 1. The first-order valence-electron chi connectivity index (χ1n) is 10.9. The molecule has 13 nitrogen and oxygen atoms in total. The molecule has 2 fully saturated rings. The van der Waals surface area contributed by atoms with Gasteiger partial charge in [0.15, 0.2) is 0 Å². The Kier molecular flexibility index (Phi) is 6.05. The number of hydrogen-bond donors (Lipinski definition) is 3. The summed E-state index contributed by atoms with van der Waals surface area (Å²) in [7, 11) is -3.95. The molecule has 1 aromatic rings. The first-order valence-corrected chi connectivity index (χ1v) is 12.4. The summed E-state index contributed by atoms with van der Waals surface area (Å²) in [6.45, 7) is 4.97. The number of hydrogen-bond acceptors (Lipinski definition) is 9. The third-order valence-electron chi connectivity index (χ3n) is 5.73. The molecule has 3 N–H and O–H groups in total. The zero-order chi connectivity index (χ0) is 25.7. The number of likely N-dealkylation sites (tertiary alicyclic amines) is 1. The minimum atomic E-state index is -3.95. The Balaban J connectivity index is 1.44. The molecule has 5 amide bonds. The van der Waals surface area contributed by atoms with Crippen molar-refractivity contribution in [1.29, 1.82) is 0 Å². The van der Waals surface area contributed by atoms with Crippen LogP contribution in [0.2, 0.25) is 0 Å². The van der Waals surface area contributed by atoms with Crippen LogP contribution < -0.4 is 15.6 Å². The molecule has 3 aliphatic rings. The number of hydrazine groups is 1. The lowest BCUT2D eigenvalue weighted by Gasteiger charge is -2.39. The Morgan fingerprint density at radius 2 is 1.80 bits per heavy atom. The SMILES string of the molecule is CC(C)(C)OC(=O)N1CC(S(=O)(=O)NNc2cccc3c2C(=O)N(C2CCC(=O)NC2=O)C3=O)C1. The Morgan fingerprint density at radius 3 is 2.43 bits per heavy atom. The van der Waals surface area contributed by atoms with Gasteiger partial charge in [-0.25, -0.2) is 13.2 Å². The molecule has 1 atom stereocenters. The van der Waals surface area contributed by atoms with Gasteiger partial charge in [-0.3, -0.25) is 29.4 Å². The molecular formula is C21H25N5O8S. The average molecular weight is 508 g/mol. The molecule has 2 saturated heterocycles. The first-order chi connectivity index (χ1) is 16.3. The zero-order valence-electron chi connectivity index (χ0n) is 19.3. The summed E-state index contributed by atoms with van der Waals surface area (Å²) in [6, 6.07) is 3.13. The standard InChI is InChI=1S/C21H25N5O8S/c1-21(2,3)34-20(31)25-9-11(10-25)35(32,33)24-23-13-6-4-5-12-16(13)19(30)26(18(12)29)14-7-8-15(27)22-17(14)28/h4-6,11,14,23-24H,7-10H2,1-3H3,(H,22,27,28). The van der Waals surface area contributed by atoms with Crippen LogP contribution in [0.25, 0.3) is 0 Å². The number of piperidine rings is 1. The van der Waals surface area contributed by atoms with Gasteiger partial charge in [-0.05, 0) is 39.3 Å². The van der Waals surface area contributed by atoms with Gasteiger partial charge in [0.1, 0.15) is 16.9 Å². The fraction of sp³-hybridized carbons (Fsp3) is 0.476. The van der Waals surface area contributed by atoms with Crippen LogP contribution >= 0.6 is 0 Å².